The standard InChI is InChI=1S/C38H42F2N6O7S/c1-2-28-35(43-31-18-25(40)13-16-29(31)41-28)53-26-19-32-34(48)44-38(37(50)45-54(51,52)27-14-15-27)20-23(38)10-6-4-3-5-7-12-30(36(49)46(32)21-26)42-33(47)22-9-8-11-24(39)17-22/h6,8-11,13,16-18,23,26-27,30,32H,2-5,7,12,14-15,19-21H2,1H3,(H,42,47)(H,44,48)(H,45,50)/b10-6-/t23?,26-,30+,32+,38-/m1/s1. The fourth-order valence-corrected chi connectivity index (χ4v) is 8.61. The summed E-state index contributed by atoms with van der Waals surface area (Å²) in [6.07, 6.45) is 7.20. The first-order valence-electron chi connectivity index (χ1n) is 18.4. The molecule has 2 aliphatic carbocycles. The fourth-order valence-electron chi connectivity index (χ4n) is 7.25. The number of aromatic nitrogens is 2. The Morgan fingerprint density at radius 2 is 1.81 bits per heavy atom. The van der Waals surface area contributed by atoms with E-state index >= 15 is 0 Å². The molecular formula is C38H42F2N6O7S. The maximum absolute atomic E-state index is 14.5. The van der Waals surface area contributed by atoms with Gasteiger partial charge in [0.25, 0.3) is 11.8 Å². The highest BCUT2D eigenvalue weighted by Gasteiger charge is 2.62. The van der Waals surface area contributed by atoms with Gasteiger partial charge in [0.2, 0.25) is 27.7 Å². The highest BCUT2D eigenvalue weighted by Crippen LogP contribution is 2.46. The third kappa shape index (κ3) is 7.93. The summed E-state index contributed by atoms with van der Waals surface area (Å²) in [4.78, 5) is 66.3. The van der Waals surface area contributed by atoms with Gasteiger partial charge in [-0.3, -0.25) is 23.9 Å². The second-order valence-corrected chi connectivity index (χ2v) is 16.5. The van der Waals surface area contributed by atoms with E-state index < -0.39 is 80.2 Å². The molecule has 2 saturated carbocycles. The summed E-state index contributed by atoms with van der Waals surface area (Å²) in [5, 5.41) is 4.91. The number of allylic oxidation sites excluding steroid dienone is 1. The maximum atomic E-state index is 14.5. The largest absolute Gasteiger partial charge is 0.471 e. The van der Waals surface area contributed by atoms with Gasteiger partial charge >= 0.3 is 0 Å². The summed E-state index contributed by atoms with van der Waals surface area (Å²) < 4.78 is 62.3. The molecule has 1 unspecified atom stereocenters. The van der Waals surface area contributed by atoms with Crippen molar-refractivity contribution in [1.29, 1.82) is 0 Å². The lowest BCUT2D eigenvalue weighted by molar-refractivity contribution is -0.141. The first kappa shape index (κ1) is 37.3. The van der Waals surface area contributed by atoms with Gasteiger partial charge in [-0.05, 0) is 75.3 Å². The van der Waals surface area contributed by atoms with Gasteiger partial charge in [0, 0.05) is 24.0 Å². The zero-order chi connectivity index (χ0) is 38.2. The molecule has 0 spiro atoms. The van der Waals surface area contributed by atoms with Crippen LogP contribution in [0.15, 0.2) is 54.6 Å². The van der Waals surface area contributed by atoms with E-state index in [1.807, 2.05) is 19.1 Å². The van der Waals surface area contributed by atoms with E-state index in [2.05, 4.69) is 25.3 Å². The van der Waals surface area contributed by atoms with Gasteiger partial charge in [-0.25, -0.2) is 27.2 Å². The van der Waals surface area contributed by atoms with Crippen molar-refractivity contribution in [3.05, 3.63) is 77.5 Å². The third-order valence-electron chi connectivity index (χ3n) is 10.5. The third-order valence-corrected chi connectivity index (χ3v) is 12.3. The van der Waals surface area contributed by atoms with Crippen LogP contribution in [0.1, 0.15) is 80.8 Å². The average molecular weight is 765 g/mol. The molecule has 2 aliphatic heterocycles. The Bertz CT molecular complexity index is 2130. The van der Waals surface area contributed by atoms with Gasteiger partial charge in [0.05, 0.1) is 22.8 Å². The molecule has 7 rings (SSSR count). The minimum atomic E-state index is -3.93. The molecule has 0 radical (unpaired) electrons. The van der Waals surface area contributed by atoms with Crippen LogP contribution in [-0.2, 0) is 30.8 Å². The van der Waals surface area contributed by atoms with Crippen LogP contribution in [0.5, 0.6) is 5.88 Å². The number of amides is 4. The average Bonchev–Trinajstić information content (AvgIpc) is 4.07. The van der Waals surface area contributed by atoms with E-state index in [1.165, 1.54) is 41.3 Å². The number of hydrogen-bond donors (Lipinski definition) is 3. The van der Waals surface area contributed by atoms with Crippen LogP contribution in [0.25, 0.3) is 11.0 Å². The number of sulfonamides is 1. The Kier molecular flexibility index (Phi) is 10.4. The summed E-state index contributed by atoms with van der Waals surface area (Å²) in [6, 6.07) is 6.80. The van der Waals surface area contributed by atoms with E-state index in [1.54, 1.807) is 0 Å². The molecule has 13 nitrogen and oxygen atoms in total. The molecule has 54 heavy (non-hydrogen) atoms. The molecule has 5 atom stereocenters. The Hall–Kier alpha value is -4.99. The van der Waals surface area contributed by atoms with Crippen molar-refractivity contribution in [3.8, 4) is 5.88 Å². The monoisotopic (exact) mass is 764 g/mol. The molecular weight excluding hydrogens is 723 g/mol. The molecule has 1 saturated heterocycles. The lowest BCUT2D eigenvalue weighted by Crippen LogP contribution is -2.58. The van der Waals surface area contributed by atoms with E-state index in [4.69, 9.17) is 4.74 Å². The SMILES string of the molecule is CCc1nc2ccc(F)cc2nc1O[C@@H]1C[C@H]2C(=O)N[C@]3(C(=O)NS(=O)(=O)C4CC4)CC3/C=C\CCCCC[C@H](NC(=O)c3cccc(F)c3)C(=O)N2C1. The van der Waals surface area contributed by atoms with Gasteiger partial charge in [0.1, 0.15) is 41.1 Å². The molecule has 3 heterocycles. The number of hydrogen-bond acceptors (Lipinski definition) is 9. The van der Waals surface area contributed by atoms with Crippen LogP contribution < -0.4 is 20.1 Å². The van der Waals surface area contributed by atoms with Gasteiger partial charge in [-0.1, -0.05) is 38.0 Å². The summed E-state index contributed by atoms with van der Waals surface area (Å²) in [5.41, 5.74) is -0.336. The molecule has 16 heteroatoms. The van der Waals surface area contributed by atoms with Crippen LogP contribution in [0, 0.1) is 17.6 Å². The first-order valence-corrected chi connectivity index (χ1v) is 20.0. The van der Waals surface area contributed by atoms with E-state index in [0.29, 0.717) is 49.7 Å². The second-order valence-electron chi connectivity index (χ2n) is 14.5. The number of benzene rings is 2. The summed E-state index contributed by atoms with van der Waals surface area (Å²) >= 11 is 0. The lowest BCUT2D eigenvalue weighted by Gasteiger charge is -2.30. The zero-order valence-corrected chi connectivity index (χ0v) is 30.5. The van der Waals surface area contributed by atoms with Gasteiger partial charge in [-0.2, -0.15) is 0 Å². The Morgan fingerprint density at radius 3 is 2.57 bits per heavy atom. The van der Waals surface area contributed by atoms with E-state index in [0.717, 1.165) is 12.5 Å². The highest BCUT2D eigenvalue weighted by atomic mass is 32.2. The molecule has 2 aromatic carbocycles. The topological polar surface area (TPSA) is 177 Å². The number of ether oxygens (including phenoxy) is 1. The van der Waals surface area contributed by atoms with Crippen molar-refractivity contribution in [2.75, 3.05) is 6.54 Å². The molecule has 3 aromatic rings. The van der Waals surface area contributed by atoms with E-state index in [9.17, 15) is 36.4 Å². The fraction of sp³-hybridized carbons (Fsp3) is 0.474. The minimum Gasteiger partial charge on any atom is -0.471 e. The van der Waals surface area contributed by atoms with Crippen LogP contribution >= 0.6 is 0 Å². The first-order chi connectivity index (χ1) is 25.9. The summed E-state index contributed by atoms with van der Waals surface area (Å²) in [7, 11) is -3.93. The molecule has 3 N–H and O–H groups in total. The Labute approximate surface area is 311 Å². The summed E-state index contributed by atoms with van der Waals surface area (Å²) in [6.45, 7) is 1.73. The molecule has 4 aliphatic rings. The van der Waals surface area contributed by atoms with Gasteiger partial charge in [-0.15, -0.1) is 0 Å². The quantitative estimate of drug-likeness (QED) is 0.289. The predicted octanol–water partition coefficient (Wildman–Crippen LogP) is 3.62. The molecule has 0 bridgehead atoms. The summed E-state index contributed by atoms with van der Waals surface area (Å²) in [5.74, 6) is -4.27. The van der Waals surface area contributed by atoms with Crippen molar-refractivity contribution in [2.45, 2.75) is 100 Å². The molecule has 4 amide bonds. The number of halogens is 2. The predicted molar refractivity (Wildman–Crippen MR) is 192 cm³/mol. The number of carbonyl (C=O) groups is 4. The van der Waals surface area contributed by atoms with Crippen molar-refractivity contribution in [2.24, 2.45) is 5.92 Å². The normalized spacial score (nSPS) is 26.8. The number of rotatable bonds is 8. The number of aryl methyl sites for hydroxylation is 1. The Morgan fingerprint density at radius 1 is 1.02 bits per heavy atom. The number of nitrogens with one attached hydrogen (secondary N) is 3. The van der Waals surface area contributed by atoms with Gasteiger partial charge < -0.3 is 20.3 Å². The molecule has 3 fully saturated rings. The highest BCUT2D eigenvalue weighted by molar-refractivity contribution is 7.91. The maximum Gasteiger partial charge on any atom is 0.259 e. The van der Waals surface area contributed by atoms with Crippen molar-refractivity contribution >= 4 is 44.7 Å². The van der Waals surface area contributed by atoms with Crippen molar-refractivity contribution in [1.82, 2.24) is 30.2 Å². The molecule has 1 aromatic heterocycles. The van der Waals surface area contributed by atoms with Crippen molar-refractivity contribution < 1.29 is 41.1 Å². The molecule has 286 valence electrons. The Balaban J connectivity index is 1.21. The van der Waals surface area contributed by atoms with Crippen LogP contribution in [-0.4, -0.2) is 82.4 Å². The van der Waals surface area contributed by atoms with Crippen LogP contribution in [0.4, 0.5) is 8.78 Å². The minimum absolute atomic E-state index is 0.0213. The smallest absolute Gasteiger partial charge is 0.259 e. The number of fused-ring (bicyclic) bond motifs is 3. The number of nitrogens with zero attached hydrogens (tertiary/aromatic N) is 3. The second kappa shape index (κ2) is 15.0. The lowest BCUT2D eigenvalue weighted by atomic mass is 10.0. The van der Waals surface area contributed by atoms with Crippen LogP contribution in [0.2, 0.25) is 0 Å². The van der Waals surface area contributed by atoms with Crippen molar-refractivity contribution in [3.63, 3.8) is 0 Å². The zero-order valence-electron chi connectivity index (χ0n) is 29.7. The van der Waals surface area contributed by atoms with Gasteiger partial charge in [0.15, 0.2) is 0 Å². The van der Waals surface area contributed by atoms with E-state index in [-0.39, 0.29) is 42.8 Å². The van der Waals surface area contributed by atoms with Crippen LogP contribution in [0.3, 0.4) is 0 Å². The number of carbonyl (C=O) groups excluding carboxylic acids is 4.